The van der Waals surface area contributed by atoms with Gasteiger partial charge < -0.3 is 15.9 Å². The average Bonchev–Trinajstić information content (AvgIpc) is 2.15. The first-order chi connectivity index (χ1) is 6.49. The summed E-state index contributed by atoms with van der Waals surface area (Å²) in [6.07, 6.45) is 0. The molecule has 0 radical (unpaired) electrons. The van der Waals surface area contributed by atoms with Crippen molar-refractivity contribution in [3.63, 3.8) is 0 Å². The summed E-state index contributed by atoms with van der Waals surface area (Å²) in [6, 6.07) is -1.10. The van der Waals surface area contributed by atoms with Gasteiger partial charge in [-0.1, -0.05) is 0 Å². The monoisotopic (exact) mass is 207 g/mol. The van der Waals surface area contributed by atoms with Crippen molar-refractivity contribution >= 4 is 0 Å². The fourth-order valence-electron chi connectivity index (χ4n) is 1.03. The van der Waals surface area contributed by atoms with Crippen LogP contribution in [0.25, 0.3) is 0 Å². The molecule has 0 saturated heterocycles. The standard InChI is InChI=1S/C8H8F3NO2/c9-3-1-5(14)8(11)6(7(3)10)4(12)2-13/h1,4,13-14H,2,12H2. The molecule has 0 bridgehead atoms. The third-order valence-corrected chi connectivity index (χ3v) is 1.74. The number of phenols is 1. The van der Waals surface area contributed by atoms with Crippen molar-refractivity contribution in [2.24, 2.45) is 5.73 Å². The Balaban J connectivity index is 3.39. The van der Waals surface area contributed by atoms with Gasteiger partial charge in [-0.15, -0.1) is 0 Å². The highest BCUT2D eigenvalue weighted by Crippen LogP contribution is 2.28. The molecule has 0 aliphatic rings. The molecule has 0 aromatic heterocycles. The van der Waals surface area contributed by atoms with Crippen molar-refractivity contribution in [1.82, 2.24) is 0 Å². The molecule has 0 fully saturated rings. The van der Waals surface area contributed by atoms with Crippen LogP contribution in [0, 0.1) is 17.5 Å². The first-order valence-corrected chi connectivity index (χ1v) is 3.71. The van der Waals surface area contributed by atoms with Crippen molar-refractivity contribution in [1.29, 1.82) is 0 Å². The second kappa shape index (κ2) is 3.85. The van der Waals surface area contributed by atoms with E-state index in [2.05, 4.69) is 0 Å². The molecule has 3 nitrogen and oxygen atoms in total. The zero-order valence-electron chi connectivity index (χ0n) is 6.97. The van der Waals surface area contributed by atoms with Gasteiger partial charge in [-0.05, 0) is 0 Å². The Morgan fingerprint density at radius 2 is 1.86 bits per heavy atom. The van der Waals surface area contributed by atoms with E-state index in [9.17, 15) is 13.2 Å². The van der Waals surface area contributed by atoms with E-state index in [1.54, 1.807) is 0 Å². The van der Waals surface area contributed by atoms with Gasteiger partial charge >= 0.3 is 0 Å². The van der Waals surface area contributed by atoms with E-state index in [0.29, 0.717) is 6.07 Å². The summed E-state index contributed by atoms with van der Waals surface area (Å²) < 4.78 is 38.7. The van der Waals surface area contributed by atoms with E-state index >= 15 is 0 Å². The van der Waals surface area contributed by atoms with Crippen LogP contribution in [0.5, 0.6) is 5.75 Å². The second-order valence-corrected chi connectivity index (χ2v) is 2.71. The SMILES string of the molecule is NC(CO)c1c(F)c(O)cc(F)c1F. The lowest BCUT2D eigenvalue weighted by atomic mass is 10.1. The zero-order chi connectivity index (χ0) is 10.9. The molecule has 0 aliphatic carbocycles. The molecule has 0 spiro atoms. The zero-order valence-corrected chi connectivity index (χ0v) is 6.97. The molecule has 0 aliphatic heterocycles. The number of nitrogens with two attached hydrogens (primary N) is 1. The number of hydrogen-bond acceptors (Lipinski definition) is 3. The summed E-state index contributed by atoms with van der Waals surface area (Å²) in [5.74, 6) is -5.31. The smallest absolute Gasteiger partial charge is 0.172 e. The van der Waals surface area contributed by atoms with Crippen molar-refractivity contribution in [2.45, 2.75) is 6.04 Å². The molecule has 1 aromatic rings. The summed E-state index contributed by atoms with van der Waals surface area (Å²) >= 11 is 0. The molecule has 1 atom stereocenters. The molecular formula is C8H8F3NO2. The highest BCUT2D eigenvalue weighted by molar-refractivity contribution is 5.34. The van der Waals surface area contributed by atoms with Crippen LogP contribution in [0.3, 0.4) is 0 Å². The number of aliphatic hydroxyl groups is 1. The molecule has 4 N–H and O–H groups in total. The van der Waals surface area contributed by atoms with Crippen LogP contribution in [0.2, 0.25) is 0 Å². The second-order valence-electron chi connectivity index (χ2n) is 2.71. The normalized spacial score (nSPS) is 12.9. The summed E-state index contributed by atoms with van der Waals surface area (Å²) in [5.41, 5.74) is 4.27. The van der Waals surface area contributed by atoms with Gasteiger partial charge in [0.05, 0.1) is 12.6 Å². The third kappa shape index (κ3) is 1.66. The number of halogens is 3. The largest absolute Gasteiger partial charge is 0.505 e. The average molecular weight is 207 g/mol. The molecular weight excluding hydrogens is 199 g/mol. The fourth-order valence-corrected chi connectivity index (χ4v) is 1.03. The van der Waals surface area contributed by atoms with Crippen molar-refractivity contribution in [3.8, 4) is 5.75 Å². The van der Waals surface area contributed by atoms with Crippen LogP contribution in [0.15, 0.2) is 6.07 Å². The summed E-state index contributed by atoms with van der Waals surface area (Å²) in [7, 11) is 0. The van der Waals surface area contributed by atoms with Crippen molar-refractivity contribution < 1.29 is 23.4 Å². The summed E-state index contributed by atoms with van der Waals surface area (Å²) in [6.45, 7) is -0.753. The van der Waals surface area contributed by atoms with Crippen LogP contribution < -0.4 is 5.73 Å². The van der Waals surface area contributed by atoms with Gasteiger partial charge in [0.25, 0.3) is 0 Å². The Labute approximate surface area is 77.6 Å². The lowest BCUT2D eigenvalue weighted by molar-refractivity contribution is 0.259. The van der Waals surface area contributed by atoms with E-state index in [-0.39, 0.29) is 0 Å². The minimum atomic E-state index is -1.50. The van der Waals surface area contributed by atoms with Gasteiger partial charge in [-0.3, -0.25) is 0 Å². The van der Waals surface area contributed by atoms with Gasteiger partial charge in [0.2, 0.25) is 0 Å². The van der Waals surface area contributed by atoms with E-state index in [0.717, 1.165) is 0 Å². The number of hydrogen-bond donors (Lipinski definition) is 3. The third-order valence-electron chi connectivity index (χ3n) is 1.74. The van der Waals surface area contributed by atoms with Crippen LogP contribution in [-0.2, 0) is 0 Å². The first kappa shape index (κ1) is 10.8. The molecule has 1 unspecified atom stereocenters. The predicted molar refractivity (Wildman–Crippen MR) is 42.0 cm³/mol. The molecule has 0 saturated carbocycles. The topological polar surface area (TPSA) is 66.5 Å². The van der Waals surface area contributed by atoms with Crippen molar-refractivity contribution in [2.75, 3.05) is 6.61 Å². The van der Waals surface area contributed by atoms with E-state index in [1.807, 2.05) is 0 Å². The van der Waals surface area contributed by atoms with Crippen LogP contribution in [-0.4, -0.2) is 16.8 Å². The quantitative estimate of drug-likeness (QED) is 0.628. The molecule has 1 rings (SSSR count). The predicted octanol–water partition coefficient (Wildman–Crippen LogP) is 0.802. The Kier molecular flexibility index (Phi) is 2.97. The molecule has 78 valence electrons. The fraction of sp³-hybridized carbons (Fsp3) is 0.250. The molecule has 0 amide bonds. The Bertz CT molecular complexity index is 331. The lowest BCUT2D eigenvalue weighted by Crippen LogP contribution is -2.18. The molecule has 1 aromatic carbocycles. The number of aromatic hydroxyl groups is 1. The Morgan fingerprint density at radius 1 is 1.29 bits per heavy atom. The van der Waals surface area contributed by atoms with Gasteiger partial charge in [0.1, 0.15) is 0 Å². The molecule has 6 heteroatoms. The number of benzene rings is 1. The van der Waals surface area contributed by atoms with Crippen LogP contribution in [0.1, 0.15) is 11.6 Å². The number of rotatable bonds is 2. The Morgan fingerprint density at radius 3 is 2.36 bits per heavy atom. The molecule has 14 heavy (non-hydrogen) atoms. The first-order valence-electron chi connectivity index (χ1n) is 3.71. The summed E-state index contributed by atoms with van der Waals surface area (Å²) in [4.78, 5) is 0. The van der Waals surface area contributed by atoms with E-state index in [1.165, 1.54) is 0 Å². The van der Waals surface area contributed by atoms with E-state index < -0.39 is 41.4 Å². The maximum Gasteiger partial charge on any atom is 0.172 e. The van der Waals surface area contributed by atoms with Crippen LogP contribution in [0.4, 0.5) is 13.2 Å². The van der Waals surface area contributed by atoms with Gasteiger partial charge in [-0.25, -0.2) is 13.2 Å². The van der Waals surface area contributed by atoms with Crippen molar-refractivity contribution in [3.05, 3.63) is 29.1 Å². The van der Waals surface area contributed by atoms with E-state index in [4.69, 9.17) is 15.9 Å². The maximum absolute atomic E-state index is 13.0. The minimum absolute atomic E-state index is 0.304. The lowest BCUT2D eigenvalue weighted by Gasteiger charge is -2.12. The van der Waals surface area contributed by atoms with Gasteiger partial charge in [-0.2, -0.15) is 0 Å². The highest BCUT2D eigenvalue weighted by Gasteiger charge is 2.22. The maximum atomic E-state index is 13.0. The minimum Gasteiger partial charge on any atom is -0.505 e. The summed E-state index contributed by atoms with van der Waals surface area (Å²) in [5, 5.41) is 17.4. The Hall–Kier alpha value is -1.27. The van der Waals surface area contributed by atoms with Crippen LogP contribution >= 0.6 is 0 Å². The number of phenolic OH excluding ortho intramolecular Hbond substituents is 1. The number of aliphatic hydroxyl groups excluding tert-OH is 1. The van der Waals surface area contributed by atoms with Gasteiger partial charge in [0.15, 0.2) is 23.2 Å². The molecule has 0 heterocycles. The van der Waals surface area contributed by atoms with Gasteiger partial charge in [0, 0.05) is 11.6 Å². The highest BCUT2D eigenvalue weighted by atomic mass is 19.2.